The average molecular weight is 331 g/mol. The number of aromatic amines is 2. The second-order valence-corrected chi connectivity index (χ2v) is 6.56. The molecule has 8 heteroatoms. The van der Waals surface area contributed by atoms with Crippen molar-refractivity contribution in [1.29, 1.82) is 0 Å². The summed E-state index contributed by atoms with van der Waals surface area (Å²) in [5.74, 6) is 0.748. The molecule has 1 aromatic heterocycles. The zero-order chi connectivity index (χ0) is 15.6. The summed E-state index contributed by atoms with van der Waals surface area (Å²) in [6.07, 6.45) is 2.53. The highest BCUT2D eigenvalue weighted by Gasteiger charge is 2.18. The monoisotopic (exact) mass is 331 g/mol. The molecule has 0 aliphatic carbocycles. The molecule has 4 rings (SSSR count). The van der Waals surface area contributed by atoms with Crippen LogP contribution in [-0.2, 0) is 4.74 Å². The summed E-state index contributed by atoms with van der Waals surface area (Å²) >= 11 is 1.63. The number of H-pyrrole nitrogens is 2. The summed E-state index contributed by atoms with van der Waals surface area (Å²) in [6.45, 7) is 1.64. The van der Waals surface area contributed by atoms with Crippen LogP contribution in [0, 0.1) is 0 Å². The molecule has 1 fully saturated rings. The Labute approximate surface area is 136 Å². The summed E-state index contributed by atoms with van der Waals surface area (Å²) in [6, 6.07) is 5.75. The fourth-order valence-corrected chi connectivity index (χ4v) is 3.53. The molecule has 1 unspecified atom stereocenters. The first-order chi connectivity index (χ1) is 11.3. The van der Waals surface area contributed by atoms with Gasteiger partial charge in [-0.1, -0.05) is 17.8 Å². The minimum absolute atomic E-state index is 0.198. The van der Waals surface area contributed by atoms with Gasteiger partial charge >= 0.3 is 5.69 Å². The summed E-state index contributed by atoms with van der Waals surface area (Å²) in [5.41, 5.74) is 3.26. The van der Waals surface area contributed by atoms with Crippen LogP contribution in [-0.4, -0.2) is 45.9 Å². The second kappa shape index (κ2) is 6.21. The van der Waals surface area contributed by atoms with Gasteiger partial charge in [0.15, 0.2) is 5.17 Å². The Morgan fingerprint density at radius 1 is 1.30 bits per heavy atom. The molecule has 0 spiro atoms. The lowest BCUT2D eigenvalue weighted by Crippen LogP contribution is -2.31. The number of benzene rings is 1. The Hall–Kier alpha value is -2.06. The number of imidazole rings is 1. The zero-order valence-electron chi connectivity index (χ0n) is 12.5. The van der Waals surface area contributed by atoms with Crippen molar-refractivity contribution in [3.8, 4) is 0 Å². The van der Waals surface area contributed by atoms with Crippen LogP contribution in [0.4, 0.5) is 0 Å². The lowest BCUT2D eigenvalue weighted by Gasteiger charge is -2.15. The van der Waals surface area contributed by atoms with Crippen molar-refractivity contribution in [2.24, 2.45) is 10.2 Å². The lowest BCUT2D eigenvalue weighted by molar-refractivity contribution is 0.114. The number of thioether (sulfide) groups is 1. The van der Waals surface area contributed by atoms with E-state index in [1.807, 2.05) is 18.2 Å². The van der Waals surface area contributed by atoms with Crippen LogP contribution in [0.2, 0.25) is 0 Å². The number of nitrogens with zero attached hydrogens (tertiary/aromatic N) is 2. The van der Waals surface area contributed by atoms with E-state index in [0.717, 1.165) is 59.2 Å². The molecule has 2 aromatic rings. The number of ether oxygens (including phenoxy) is 1. The summed E-state index contributed by atoms with van der Waals surface area (Å²) in [4.78, 5) is 16.8. The number of amidine groups is 1. The van der Waals surface area contributed by atoms with Crippen LogP contribution in [0.15, 0.2) is 33.2 Å². The highest BCUT2D eigenvalue weighted by molar-refractivity contribution is 8.14. The molecule has 2 aliphatic rings. The van der Waals surface area contributed by atoms with Crippen LogP contribution < -0.4 is 11.0 Å². The molecular weight excluding hydrogens is 314 g/mol. The number of aromatic nitrogens is 2. The van der Waals surface area contributed by atoms with E-state index >= 15 is 0 Å². The number of rotatable bonds is 3. The number of hydrogen-bond acceptors (Lipinski definition) is 6. The maximum absolute atomic E-state index is 11.3. The molecule has 1 saturated heterocycles. The molecule has 2 aliphatic heterocycles. The number of fused-ring (bicyclic) bond motifs is 1. The third-order valence-corrected chi connectivity index (χ3v) is 4.88. The zero-order valence-corrected chi connectivity index (χ0v) is 13.3. The van der Waals surface area contributed by atoms with Gasteiger partial charge in [0, 0.05) is 24.5 Å². The van der Waals surface area contributed by atoms with E-state index in [4.69, 9.17) is 4.74 Å². The van der Waals surface area contributed by atoms with Gasteiger partial charge in [-0.2, -0.15) is 5.10 Å². The van der Waals surface area contributed by atoms with Gasteiger partial charge in [0.2, 0.25) is 0 Å². The van der Waals surface area contributed by atoms with Crippen molar-refractivity contribution in [3.05, 3.63) is 34.2 Å². The molecular formula is C15H17N5O2S. The van der Waals surface area contributed by atoms with Crippen LogP contribution in [0.25, 0.3) is 11.0 Å². The molecule has 7 nitrogen and oxygen atoms in total. The van der Waals surface area contributed by atoms with E-state index in [-0.39, 0.29) is 11.8 Å². The second-order valence-electron chi connectivity index (χ2n) is 5.60. The van der Waals surface area contributed by atoms with Crippen molar-refractivity contribution in [2.45, 2.75) is 18.9 Å². The molecule has 1 atom stereocenters. The highest BCUT2D eigenvalue weighted by Crippen LogP contribution is 2.18. The van der Waals surface area contributed by atoms with Crippen molar-refractivity contribution in [3.63, 3.8) is 0 Å². The SMILES string of the molecule is O=c1[nH]c2ccc(C3=NN=C(NCC4CCCO4)SC3)cc2[nH]1. The Bertz CT molecular complexity index is 832. The van der Waals surface area contributed by atoms with Gasteiger partial charge in [-0.3, -0.25) is 0 Å². The normalized spacial score (nSPS) is 21.3. The molecule has 1 aromatic carbocycles. The molecule has 0 saturated carbocycles. The van der Waals surface area contributed by atoms with E-state index in [9.17, 15) is 4.79 Å². The smallest absolute Gasteiger partial charge is 0.323 e. The molecule has 3 heterocycles. The Morgan fingerprint density at radius 3 is 3.00 bits per heavy atom. The van der Waals surface area contributed by atoms with Gasteiger partial charge in [-0.25, -0.2) is 4.79 Å². The average Bonchev–Trinajstić information content (AvgIpc) is 3.21. The van der Waals surface area contributed by atoms with E-state index < -0.39 is 0 Å². The molecule has 0 amide bonds. The standard InChI is InChI=1S/C15H17N5O2S/c21-14-17-11-4-3-9(6-12(11)18-14)13-8-23-15(20-19-13)16-7-10-2-1-5-22-10/h3-4,6,10H,1-2,5,7-8H2,(H,16,20)(H2,17,18,21). The van der Waals surface area contributed by atoms with Gasteiger partial charge in [-0.15, -0.1) is 5.10 Å². The van der Waals surface area contributed by atoms with Crippen molar-refractivity contribution in [2.75, 3.05) is 18.9 Å². The molecule has 3 N–H and O–H groups in total. The van der Waals surface area contributed by atoms with Gasteiger partial charge in [0.25, 0.3) is 0 Å². The van der Waals surface area contributed by atoms with E-state index in [0.29, 0.717) is 0 Å². The minimum atomic E-state index is -0.198. The molecule has 0 radical (unpaired) electrons. The summed E-state index contributed by atoms with van der Waals surface area (Å²) in [5, 5.41) is 12.7. The van der Waals surface area contributed by atoms with Crippen molar-refractivity contribution < 1.29 is 4.74 Å². The number of hydrogen-bond donors (Lipinski definition) is 3. The maximum Gasteiger partial charge on any atom is 0.323 e. The minimum Gasteiger partial charge on any atom is -0.376 e. The molecule has 0 bridgehead atoms. The fourth-order valence-electron chi connectivity index (χ4n) is 2.75. The maximum atomic E-state index is 11.3. The summed E-state index contributed by atoms with van der Waals surface area (Å²) in [7, 11) is 0. The Kier molecular flexibility index (Phi) is 3.92. The third kappa shape index (κ3) is 3.18. The topological polar surface area (TPSA) is 94.6 Å². The van der Waals surface area contributed by atoms with Gasteiger partial charge < -0.3 is 20.0 Å². The van der Waals surface area contributed by atoms with Gasteiger partial charge in [0.05, 0.1) is 22.8 Å². The van der Waals surface area contributed by atoms with E-state index in [2.05, 4.69) is 25.5 Å². The predicted octanol–water partition coefficient (Wildman–Crippen LogP) is 1.43. The predicted molar refractivity (Wildman–Crippen MR) is 92.3 cm³/mol. The van der Waals surface area contributed by atoms with Crippen LogP contribution in [0.3, 0.4) is 0 Å². The van der Waals surface area contributed by atoms with Gasteiger partial charge in [0.1, 0.15) is 0 Å². The number of nitrogens with one attached hydrogen (secondary N) is 3. The molecule has 120 valence electrons. The van der Waals surface area contributed by atoms with Crippen molar-refractivity contribution in [1.82, 2.24) is 15.3 Å². The molecule has 23 heavy (non-hydrogen) atoms. The first-order valence-electron chi connectivity index (χ1n) is 7.63. The van der Waals surface area contributed by atoms with Crippen LogP contribution in [0.5, 0.6) is 0 Å². The highest BCUT2D eigenvalue weighted by atomic mass is 32.2. The lowest BCUT2D eigenvalue weighted by atomic mass is 10.1. The van der Waals surface area contributed by atoms with Crippen molar-refractivity contribution >= 4 is 33.7 Å². The first kappa shape index (κ1) is 14.5. The fraction of sp³-hybridized carbons (Fsp3) is 0.400. The quantitative estimate of drug-likeness (QED) is 0.793. The van der Waals surface area contributed by atoms with E-state index in [1.165, 1.54) is 0 Å². The Balaban J connectivity index is 1.47. The van der Waals surface area contributed by atoms with Crippen LogP contribution in [0.1, 0.15) is 18.4 Å². The first-order valence-corrected chi connectivity index (χ1v) is 8.62. The summed E-state index contributed by atoms with van der Waals surface area (Å²) < 4.78 is 5.58. The largest absolute Gasteiger partial charge is 0.376 e. The van der Waals surface area contributed by atoms with E-state index in [1.54, 1.807) is 11.8 Å². The van der Waals surface area contributed by atoms with Gasteiger partial charge in [-0.05, 0) is 25.0 Å². The third-order valence-electron chi connectivity index (χ3n) is 3.96. The Morgan fingerprint density at radius 2 is 2.22 bits per heavy atom. The van der Waals surface area contributed by atoms with Crippen LogP contribution >= 0.6 is 11.8 Å².